The number of hydrogen-bond acceptors (Lipinski definition) is 7. The Kier molecular flexibility index (Phi) is 8.69. The molecule has 5 aromatic rings. The quantitative estimate of drug-likeness (QED) is 0.110. The summed E-state index contributed by atoms with van der Waals surface area (Å²) < 4.78 is 26.6. The molecule has 12 heteroatoms. The minimum Gasteiger partial charge on any atom is -0.482 e. The summed E-state index contributed by atoms with van der Waals surface area (Å²) in [7, 11) is 0. The van der Waals surface area contributed by atoms with Gasteiger partial charge in [-0.05, 0) is 48.9 Å². The average molecular weight is 598 g/mol. The predicted octanol–water partition coefficient (Wildman–Crippen LogP) is 6.65. The van der Waals surface area contributed by atoms with Gasteiger partial charge in [-0.1, -0.05) is 65.3 Å². The Hall–Kier alpha value is -3.86. The molecule has 0 radical (unpaired) electrons. The van der Waals surface area contributed by atoms with Crippen molar-refractivity contribution >= 4 is 58.0 Å². The lowest BCUT2D eigenvalue weighted by Gasteiger charge is -2.08. The Bertz CT molecular complexity index is 1690. The normalized spacial score (nSPS) is 11.4. The number of thioether (sulfide) groups is 1. The number of ether oxygens (including phenoxy) is 1. The van der Waals surface area contributed by atoms with E-state index in [1.165, 1.54) is 12.1 Å². The van der Waals surface area contributed by atoms with Crippen molar-refractivity contribution in [1.29, 1.82) is 0 Å². The Balaban J connectivity index is 1.17. The topological polar surface area (TPSA) is 94.5 Å². The standard InChI is InChI=1S/C28H22Cl2FN5O3S/c1-17-22(21-4-2-3-5-24(21)36(17)14-18-6-9-20(31)10-7-18)13-32-33-26(37)16-40-28-35-34-27(39-28)15-38-25-11-8-19(29)12-23(25)30/h2-13H,14-16H2,1H3,(H,33,37)/b32-13-. The fourth-order valence-electron chi connectivity index (χ4n) is 4.01. The van der Waals surface area contributed by atoms with Crippen LogP contribution in [0.15, 0.2) is 81.5 Å². The van der Waals surface area contributed by atoms with Crippen LogP contribution >= 0.6 is 35.0 Å². The first kappa shape index (κ1) is 27.7. The number of amides is 1. The summed E-state index contributed by atoms with van der Waals surface area (Å²) in [4.78, 5) is 12.4. The van der Waals surface area contributed by atoms with Crippen LogP contribution < -0.4 is 10.2 Å². The van der Waals surface area contributed by atoms with Crippen molar-refractivity contribution in [3.05, 3.63) is 105 Å². The number of nitrogens with zero attached hydrogens (tertiary/aromatic N) is 4. The fraction of sp³-hybridized carbons (Fsp3) is 0.143. The zero-order chi connectivity index (χ0) is 28.1. The summed E-state index contributed by atoms with van der Waals surface area (Å²) in [6.07, 6.45) is 1.63. The zero-order valence-corrected chi connectivity index (χ0v) is 23.4. The van der Waals surface area contributed by atoms with E-state index in [0.29, 0.717) is 22.3 Å². The van der Waals surface area contributed by atoms with Crippen LogP contribution in [-0.4, -0.2) is 32.6 Å². The van der Waals surface area contributed by atoms with Gasteiger partial charge in [-0.3, -0.25) is 4.79 Å². The number of nitrogens with one attached hydrogen (secondary N) is 1. The molecule has 1 amide bonds. The highest BCUT2D eigenvalue weighted by Gasteiger charge is 2.14. The van der Waals surface area contributed by atoms with Crippen LogP contribution in [-0.2, 0) is 17.9 Å². The summed E-state index contributed by atoms with van der Waals surface area (Å²) in [5.41, 5.74) is 6.39. The maximum Gasteiger partial charge on any atom is 0.277 e. The molecule has 0 atom stereocenters. The van der Waals surface area contributed by atoms with Gasteiger partial charge in [-0.25, -0.2) is 9.82 Å². The number of hydrogen-bond donors (Lipinski definition) is 1. The van der Waals surface area contributed by atoms with E-state index in [4.69, 9.17) is 32.4 Å². The van der Waals surface area contributed by atoms with Crippen LogP contribution in [0.2, 0.25) is 10.0 Å². The van der Waals surface area contributed by atoms with Crippen molar-refractivity contribution in [1.82, 2.24) is 20.2 Å². The first-order chi connectivity index (χ1) is 19.4. The Morgan fingerprint density at radius 2 is 1.95 bits per heavy atom. The minimum absolute atomic E-state index is 0.0134. The first-order valence-corrected chi connectivity index (χ1v) is 13.8. The highest BCUT2D eigenvalue weighted by atomic mass is 35.5. The molecule has 204 valence electrons. The monoisotopic (exact) mass is 597 g/mol. The molecule has 0 bridgehead atoms. The van der Waals surface area contributed by atoms with E-state index in [0.717, 1.165) is 39.5 Å². The lowest BCUT2D eigenvalue weighted by atomic mass is 10.1. The fourth-order valence-corrected chi connectivity index (χ4v) is 5.05. The number of halogens is 3. The molecule has 0 spiro atoms. The van der Waals surface area contributed by atoms with Gasteiger partial charge >= 0.3 is 0 Å². The molecule has 0 aliphatic rings. The third-order valence-electron chi connectivity index (χ3n) is 5.94. The average Bonchev–Trinajstić information content (AvgIpc) is 3.51. The predicted molar refractivity (Wildman–Crippen MR) is 154 cm³/mol. The maximum absolute atomic E-state index is 13.3. The molecular weight excluding hydrogens is 576 g/mol. The second-order valence-corrected chi connectivity index (χ2v) is 10.4. The number of aromatic nitrogens is 3. The molecule has 2 heterocycles. The van der Waals surface area contributed by atoms with Crippen molar-refractivity contribution in [3.63, 3.8) is 0 Å². The van der Waals surface area contributed by atoms with E-state index >= 15 is 0 Å². The summed E-state index contributed by atoms with van der Waals surface area (Å²) >= 11 is 13.1. The van der Waals surface area contributed by atoms with E-state index in [9.17, 15) is 9.18 Å². The molecule has 0 unspecified atom stereocenters. The van der Waals surface area contributed by atoms with E-state index in [-0.39, 0.29) is 35.2 Å². The first-order valence-electron chi connectivity index (χ1n) is 12.0. The van der Waals surface area contributed by atoms with Gasteiger partial charge in [-0.15, -0.1) is 10.2 Å². The summed E-state index contributed by atoms with van der Waals surface area (Å²) in [5.74, 6) is 0.0863. The summed E-state index contributed by atoms with van der Waals surface area (Å²) in [6, 6.07) is 19.2. The van der Waals surface area contributed by atoms with Gasteiger partial charge in [0.1, 0.15) is 11.6 Å². The molecule has 8 nitrogen and oxygen atoms in total. The second kappa shape index (κ2) is 12.5. The van der Waals surface area contributed by atoms with E-state index in [1.54, 1.807) is 36.5 Å². The SMILES string of the molecule is Cc1c(/C=N\NC(=O)CSc2nnc(COc3ccc(Cl)cc3Cl)o2)c2ccccc2n1Cc1ccc(F)cc1. The van der Waals surface area contributed by atoms with Gasteiger partial charge in [0.2, 0.25) is 0 Å². The largest absolute Gasteiger partial charge is 0.482 e. The Labute approximate surface area is 243 Å². The highest BCUT2D eigenvalue weighted by molar-refractivity contribution is 7.99. The van der Waals surface area contributed by atoms with Crippen molar-refractivity contribution in [2.24, 2.45) is 5.10 Å². The molecule has 5 rings (SSSR count). The van der Waals surface area contributed by atoms with Gasteiger partial charge in [0.25, 0.3) is 17.0 Å². The minimum atomic E-state index is -0.335. The van der Waals surface area contributed by atoms with Crippen molar-refractivity contribution in [2.75, 3.05) is 5.75 Å². The van der Waals surface area contributed by atoms with Gasteiger partial charge in [0.05, 0.1) is 17.0 Å². The van der Waals surface area contributed by atoms with Crippen LogP contribution in [0.1, 0.15) is 22.7 Å². The molecule has 40 heavy (non-hydrogen) atoms. The summed E-state index contributed by atoms with van der Waals surface area (Å²) in [6.45, 7) is 2.58. The molecule has 0 fully saturated rings. The molecule has 0 saturated carbocycles. The number of hydrazone groups is 1. The lowest BCUT2D eigenvalue weighted by molar-refractivity contribution is -0.118. The van der Waals surface area contributed by atoms with Gasteiger partial charge in [0.15, 0.2) is 6.61 Å². The van der Waals surface area contributed by atoms with Crippen LogP contribution in [0.3, 0.4) is 0 Å². The number of benzene rings is 3. The number of rotatable bonds is 10. The van der Waals surface area contributed by atoms with E-state index < -0.39 is 0 Å². The van der Waals surface area contributed by atoms with Crippen LogP contribution in [0.25, 0.3) is 10.9 Å². The molecule has 2 aromatic heterocycles. The van der Waals surface area contributed by atoms with Gasteiger partial charge < -0.3 is 13.7 Å². The van der Waals surface area contributed by atoms with Gasteiger partial charge in [0, 0.05) is 33.7 Å². The third-order valence-corrected chi connectivity index (χ3v) is 7.29. The van der Waals surface area contributed by atoms with Gasteiger partial charge in [-0.2, -0.15) is 5.10 Å². The number of carbonyl (C=O) groups excluding carboxylic acids is 1. The van der Waals surface area contributed by atoms with Crippen LogP contribution in [0, 0.1) is 12.7 Å². The molecule has 0 aliphatic carbocycles. The molecule has 0 saturated heterocycles. The maximum atomic E-state index is 13.3. The Morgan fingerprint density at radius 3 is 2.75 bits per heavy atom. The van der Waals surface area contributed by atoms with E-state index in [1.807, 2.05) is 31.2 Å². The molecular formula is C28H22Cl2FN5O3S. The molecule has 0 aliphatic heterocycles. The second-order valence-electron chi connectivity index (χ2n) is 8.64. The number of fused-ring (bicyclic) bond motifs is 1. The number of para-hydroxylation sites is 1. The smallest absolute Gasteiger partial charge is 0.277 e. The Morgan fingerprint density at radius 1 is 1.15 bits per heavy atom. The number of carbonyl (C=O) groups is 1. The highest BCUT2D eigenvalue weighted by Crippen LogP contribution is 2.28. The van der Waals surface area contributed by atoms with E-state index in [2.05, 4.69) is 25.3 Å². The van der Waals surface area contributed by atoms with Crippen molar-refractivity contribution in [3.8, 4) is 5.75 Å². The molecule has 1 N–H and O–H groups in total. The van der Waals surface area contributed by atoms with Crippen LogP contribution in [0.5, 0.6) is 5.75 Å². The van der Waals surface area contributed by atoms with Crippen molar-refractivity contribution in [2.45, 2.75) is 25.3 Å². The van der Waals surface area contributed by atoms with Crippen LogP contribution in [0.4, 0.5) is 4.39 Å². The zero-order valence-electron chi connectivity index (χ0n) is 21.1. The summed E-state index contributed by atoms with van der Waals surface area (Å²) in [5, 5.41) is 14.1. The van der Waals surface area contributed by atoms with Crippen molar-refractivity contribution < 1.29 is 18.3 Å². The lowest BCUT2D eigenvalue weighted by Crippen LogP contribution is -2.19. The molecule has 3 aromatic carbocycles. The third kappa shape index (κ3) is 6.64.